The smallest absolute Gasteiger partial charge is 0.410 e. The van der Waals surface area contributed by atoms with Crippen LogP contribution in [0.3, 0.4) is 0 Å². The molecule has 0 bridgehead atoms. The van der Waals surface area contributed by atoms with Gasteiger partial charge in [-0.15, -0.1) is 0 Å². The zero-order chi connectivity index (χ0) is 22.5. The summed E-state index contributed by atoms with van der Waals surface area (Å²) < 4.78 is 11.0. The lowest BCUT2D eigenvalue weighted by Crippen LogP contribution is -2.45. The van der Waals surface area contributed by atoms with Gasteiger partial charge in [-0.25, -0.2) is 4.79 Å². The van der Waals surface area contributed by atoms with E-state index in [1.807, 2.05) is 32.9 Å². The Kier molecular flexibility index (Phi) is 7.61. The summed E-state index contributed by atoms with van der Waals surface area (Å²) in [6, 6.07) is 6.89. The number of likely N-dealkylation sites (N-methyl/N-ethyl adjacent to an activating group) is 1. The van der Waals surface area contributed by atoms with Crippen LogP contribution >= 0.6 is 0 Å². The first kappa shape index (κ1) is 23.4. The topological polar surface area (TPSA) is 97.5 Å². The van der Waals surface area contributed by atoms with Gasteiger partial charge in [-0.2, -0.15) is 0 Å². The molecule has 1 heterocycles. The van der Waals surface area contributed by atoms with Crippen molar-refractivity contribution in [3.8, 4) is 0 Å². The molecule has 0 aromatic heterocycles. The summed E-state index contributed by atoms with van der Waals surface area (Å²) in [5, 5.41) is 0. The third kappa shape index (κ3) is 5.60. The summed E-state index contributed by atoms with van der Waals surface area (Å²) in [6.07, 6.45) is 2.44. The predicted molar refractivity (Wildman–Crippen MR) is 118 cm³/mol. The fourth-order valence-corrected chi connectivity index (χ4v) is 3.35. The highest BCUT2D eigenvalue weighted by Gasteiger charge is 2.41. The van der Waals surface area contributed by atoms with Crippen molar-refractivity contribution < 1.29 is 19.1 Å². The van der Waals surface area contributed by atoms with Crippen molar-refractivity contribution in [3.63, 3.8) is 0 Å². The molecular formula is C22H32N4O4. The lowest BCUT2D eigenvalue weighted by atomic mass is 10.0. The molecule has 2 amide bonds. The molecule has 0 unspecified atom stereocenters. The number of likely N-dealkylation sites (tertiary alicyclic amines) is 1. The summed E-state index contributed by atoms with van der Waals surface area (Å²) in [6.45, 7) is 6.18. The lowest BCUT2D eigenvalue weighted by Gasteiger charge is -2.28. The van der Waals surface area contributed by atoms with Crippen LogP contribution < -0.4 is 5.73 Å². The molecule has 1 aromatic carbocycles. The highest BCUT2D eigenvalue weighted by molar-refractivity contribution is 6.09. The summed E-state index contributed by atoms with van der Waals surface area (Å²) in [4.78, 5) is 32.7. The average molecular weight is 417 g/mol. The summed E-state index contributed by atoms with van der Waals surface area (Å²) >= 11 is 0. The van der Waals surface area contributed by atoms with Gasteiger partial charge in [0.1, 0.15) is 5.60 Å². The van der Waals surface area contributed by atoms with Crippen LogP contribution in [-0.2, 0) is 9.47 Å². The van der Waals surface area contributed by atoms with Gasteiger partial charge in [-0.3, -0.25) is 9.79 Å². The molecule has 1 aliphatic heterocycles. The Morgan fingerprint density at radius 1 is 1.20 bits per heavy atom. The number of ether oxygens (including phenoxy) is 2. The minimum atomic E-state index is -0.583. The number of allylic oxidation sites excluding steroid dienone is 1. The maximum absolute atomic E-state index is 13.0. The normalized spacial score (nSPS) is 19.9. The molecule has 8 heteroatoms. The Bertz CT molecular complexity index is 811. The molecule has 0 spiro atoms. The number of hydrogen-bond acceptors (Lipinski definition) is 6. The van der Waals surface area contributed by atoms with Crippen LogP contribution in [0, 0.1) is 0 Å². The summed E-state index contributed by atoms with van der Waals surface area (Å²) in [7, 11) is 4.98. The van der Waals surface area contributed by atoms with E-state index in [0.29, 0.717) is 18.7 Å². The molecule has 1 aromatic rings. The van der Waals surface area contributed by atoms with E-state index in [2.05, 4.69) is 4.99 Å². The van der Waals surface area contributed by atoms with E-state index >= 15 is 0 Å². The zero-order valence-corrected chi connectivity index (χ0v) is 18.6. The van der Waals surface area contributed by atoms with Crippen LogP contribution in [0.25, 0.3) is 5.57 Å². The van der Waals surface area contributed by atoms with Gasteiger partial charge in [0.2, 0.25) is 0 Å². The largest absolute Gasteiger partial charge is 0.444 e. The minimum Gasteiger partial charge on any atom is -0.444 e. The Labute approximate surface area is 178 Å². The highest BCUT2D eigenvalue weighted by Crippen LogP contribution is 2.22. The maximum Gasteiger partial charge on any atom is 0.410 e. The fraction of sp³-hybridized carbons (Fsp3) is 0.500. The fourth-order valence-electron chi connectivity index (χ4n) is 3.35. The number of hydrogen-bond donors (Lipinski definition) is 1. The highest BCUT2D eigenvalue weighted by atomic mass is 16.6. The number of rotatable bonds is 5. The zero-order valence-electron chi connectivity index (χ0n) is 18.6. The number of aliphatic imine (C=N–C) groups is 1. The van der Waals surface area contributed by atoms with Crippen molar-refractivity contribution in [1.82, 2.24) is 9.80 Å². The van der Waals surface area contributed by atoms with Gasteiger partial charge in [-0.1, -0.05) is 12.1 Å². The second-order valence-corrected chi connectivity index (χ2v) is 8.23. The summed E-state index contributed by atoms with van der Waals surface area (Å²) in [5.41, 5.74) is 7.24. The SMILES string of the molecule is CN=CC(=CN)c1ccc(C(=O)N(C)[C@H]2CN(C(=O)OC(C)(C)C)C[C@@H]2OC)cc1. The van der Waals surface area contributed by atoms with Gasteiger partial charge < -0.3 is 25.0 Å². The standard InChI is InChI=1S/C22H32N4O4/c1-22(2,3)30-21(28)26-13-18(19(14-26)29-6)25(5)20(27)16-9-7-15(8-10-16)17(11-23)12-24-4/h7-12,18-19H,13-14,23H2,1-6H3/t18-,19-/m0/s1. The maximum atomic E-state index is 13.0. The molecule has 2 atom stereocenters. The molecule has 2 rings (SSSR count). The molecule has 1 aliphatic rings. The molecule has 0 saturated carbocycles. The molecule has 30 heavy (non-hydrogen) atoms. The first-order valence-corrected chi connectivity index (χ1v) is 9.83. The van der Waals surface area contributed by atoms with E-state index in [9.17, 15) is 9.59 Å². The molecule has 164 valence electrons. The van der Waals surface area contributed by atoms with Crippen LogP contribution in [0.1, 0.15) is 36.7 Å². The molecule has 0 aliphatic carbocycles. The number of benzene rings is 1. The van der Waals surface area contributed by atoms with Gasteiger partial charge in [-0.05, 0) is 38.5 Å². The van der Waals surface area contributed by atoms with E-state index in [1.54, 1.807) is 49.4 Å². The first-order chi connectivity index (χ1) is 14.1. The molecule has 0 radical (unpaired) electrons. The quantitative estimate of drug-likeness (QED) is 0.744. The first-order valence-electron chi connectivity index (χ1n) is 9.83. The van der Waals surface area contributed by atoms with Crippen LogP contribution in [0.5, 0.6) is 0 Å². The van der Waals surface area contributed by atoms with Crippen molar-refractivity contribution in [2.24, 2.45) is 10.7 Å². The van der Waals surface area contributed by atoms with Crippen LogP contribution in [0.2, 0.25) is 0 Å². The van der Waals surface area contributed by atoms with E-state index in [1.165, 1.54) is 6.20 Å². The average Bonchev–Trinajstić information content (AvgIpc) is 3.14. The Balaban J connectivity index is 2.13. The monoisotopic (exact) mass is 416 g/mol. The number of nitrogens with two attached hydrogens (primary N) is 1. The van der Waals surface area contributed by atoms with Gasteiger partial charge in [0.05, 0.1) is 18.7 Å². The third-order valence-corrected chi connectivity index (χ3v) is 4.92. The van der Waals surface area contributed by atoms with Crippen molar-refractivity contribution in [2.45, 2.75) is 38.5 Å². The number of methoxy groups -OCH3 is 1. The Morgan fingerprint density at radius 2 is 1.80 bits per heavy atom. The Morgan fingerprint density at radius 3 is 2.30 bits per heavy atom. The number of carbonyl (C=O) groups excluding carboxylic acids is 2. The molecule has 8 nitrogen and oxygen atoms in total. The predicted octanol–water partition coefficient (Wildman–Crippen LogP) is 2.39. The Hall–Kier alpha value is -2.87. The lowest BCUT2D eigenvalue weighted by molar-refractivity contribution is 0.0249. The van der Waals surface area contributed by atoms with Crippen molar-refractivity contribution in [2.75, 3.05) is 34.3 Å². The molecule has 1 fully saturated rings. The van der Waals surface area contributed by atoms with Gasteiger partial charge in [0, 0.05) is 51.3 Å². The summed E-state index contributed by atoms with van der Waals surface area (Å²) in [5.74, 6) is -0.151. The van der Waals surface area contributed by atoms with Crippen molar-refractivity contribution in [3.05, 3.63) is 41.6 Å². The minimum absolute atomic E-state index is 0.151. The molecular weight excluding hydrogens is 384 g/mol. The second-order valence-electron chi connectivity index (χ2n) is 8.23. The van der Waals surface area contributed by atoms with Gasteiger partial charge in [0.25, 0.3) is 5.91 Å². The van der Waals surface area contributed by atoms with Crippen molar-refractivity contribution >= 4 is 23.8 Å². The van der Waals surface area contributed by atoms with E-state index in [0.717, 1.165) is 11.1 Å². The number of carbonyl (C=O) groups is 2. The van der Waals surface area contributed by atoms with E-state index in [-0.39, 0.29) is 18.1 Å². The molecule has 1 saturated heterocycles. The van der Waals surface area contributed by atoms with Gasteiger partial charge in [0.15, 0.2) is 0 Å². The van der Waals surface area contributed by atoms with Crippen molar-refractivity contribution in [1.29, 1.82) is 0 Å². The second kappa shape index (κ2) is 9.75. The number of amides is 2. The van der Waals surface area contributed by atoms with E-state index in [4.69, 9.17) is 15.2 Å². The van der Waals surface area contributed by atoms with Crippen LogP contribution in [0.4, 0.5) is 4.79 Å². The molecule has 2 N–H and O–H groups in total. The third-order valence-electron chi connectivity index (χ3n) is 4.92. The van der Waals surface area contributed by atoms with Crippen LogP contribution in [0.15, 0.2) is 35.5 Å². The van der Waals surface area contributed by atoms with Crippen LogP contribution in [-0.4, -0.2) is 80.1 Å². The van der Waals surface area contributed by atoms with Gasteiger partial charge >= 0.3 is 6.09 Å². The number of nitrogens with zero attached hydrogens (tertiary/aromatic N) is 3. The van der Waals surface area contributed by atoms with E-state index < -0.39 is 11.7 Å².